The highest BCUT2D eigenvalue weighted by molar-refractivity contribution is 9.08. The largest absolute Gasteiger partial charge is 0.417 e. The van der Waals surface area contributed by atoms with Crippen LogP contribution in [0, 0.1) is 0 Å². The maximum Gasteiger partial charge on any atom is 0.417 e. The zero-order valence-corrected chi connectivity index (χ0v) is 15.8. The van der Waals surface area contributed by atoms with Crippen LogP contribution >= 0.6 is 15.9 Å². The van der Waals surface area contributed by atoms with Gasteiger partial charge in [0.1, 0.15) is 0 Å². The molecule has 0 bridgehead atoms. The van der Waals surface area contributed by atoms with E-state index in [1.165, 1.54) is 54.6 Å². The fourth-order valence-electron chi connectivity index (χ4n) is 3.17. The first-order valence-corrected chi connectivity index (χ1v) is 9.27. The predicted octanol–water partition coefficient (Wildman–Crippen LogP) is 7.95. The summed E-state index contributed by atoms with van der Waals surface area (Å²) in [5.74, 6) is 0. The van der Waals surface area contributed by atoms with Crippen molar-refractivity contribution in [2.45, 2.75) is 17.7 Å². The van der Waals surface area contributed by atoms with Crippen molar-refractivity contribution >= 4 is 15.9 Å². The first kappa shape index (κ1) is 20.5. The molecule has 0 saturated carbocycles. The van der Waals surface area contributed by atoms with Gasteiger partial charge in [-0.05, 0) is 39.9 Å². The van der Waals surface area contributed by atoms with Gasteiger partial charge in [0.2, 0.25) is 0 Å². The van der Waals surface area contributed by atoms with Gasteiger partial charge in [-0.15, -0.1) is 0 Å². The van der Waals surface area contributed by atoms with Crippen molar-refractivity contribution in [3.05, 3.63) is 83.4 Å². The Bertz CT molecular complexity index is 913. The highest BCUT2D eigenvalue weighted by atomic mass is 79.9. The van der Waals surface area contributed by atoms with E-state index in [0.717, 1.165) is 12.1 Å². The van der Waals surface area contributed by atoms with Crippen molar-refractivity contribution in [1.82, 2.24) is 0 Å². The molecule has 0 amide bonds. The summed E-state index contributed by atoms with van der Waals surface area (Å²) >= 11 is 3.24. The first-order chi connectivity index (χ1) is 13.1. The van der Waals surface area contributed by atoms with Gasteiger partial charge in [-0.3, -0.25) is 0 Å². The van der Waals surface area contributed by atoms with Crippen LogP contribution in [0.2, 0.25) is 0 Å². The van der Waals surface area contributed by atoms with Gasteiger partial charge in [0.25, 0.3) is 0 Å². The van der Waals surface area contributed by atoms with Gasteiger partial charge in [-0.1, -0.05) is 70.5 Å². The Labute approximate surface area is 166 Å². The van der Waals surface area contributed by atoms with E-state index in [0.29, 0.717) is 5.56 Å². The summed E-state index contributed by atoms with van der Waals surface area (Å²) in [5, 5.41) is 0.0941. The summed E-state index contributed by atoms with van der Waals surface area (Å²) in [6.07, 6.45) is -9.17. The van der Waals surface area contributed by atoms with Crippen molar-refractivity contribution in [2.75, 3.05) is 0 Å². The van der Waals surface area contributed by atoms with E-state index in [4.69, 9.17) is 0 Å². The van der Waals surface area contributed by atoms with Crippen molar-refractivity contribution in [1.29, 1.82) is 0 Å². The Balaban J connectivity index is 2.30. The van der Waals surface area contributed by atoms with Crippen LogP contribution in [0.5, 0.6) is 0 Å². The van der Waals surface area contributed by atoms with Crippen molar-refractivity contribution in [3.63, 3.8) is 0 Å². The van der Waals surface area contributed by atoms with Crippen molar-refractivity contribution in [2.24, 2.45) is 0 Å². The minimum atomic E-state index is -4.58. The van der Waals surface area contributed by atoms with Gasteiger partial charge in [0.05, 0.1) is 11.1 Å². The van der Waals surface area contributed by atoms with Crippen LogP contribution in [0.4, 0.5) is 26.3 Å². The maximum absolute atomic E-state index is 13.5. The number of halogens is 7. The molecular weight excluding hydrogens is 446 g/mol. The van der Waals surface area contributed by atoms with E-state index in [1.807, 2.05) is 0 Å². The Morgan fingerprint density at radius 2 is 0.893 bits per heavy atom. The number of rotatable bonds is 3. The number of benzene rings is 3. The Kier molecular flexibility index (Phi) is 5.57. The van der Waals surface area contributed by atoms with Crippen LogP contribution in [-0.2, 0) is 17.7 Å². The maximum atomic E-state index is 13.5. The standard InChI is InChI=1S/C21H13BrF6/c22-12-17-13(15-6-1-3-10-18(15)20(23,24)25)8-5-9-14(17)16-7-2-4-11-19(16)21(26,27)28/h1-11H,12H2. The molecule has 0 aliphatic heterocycles. The minimum Gasteiger partial charge on any atom is -0.166 e. The molecule has 3 aromatic rings. The van der Waals surface area contributed by atoms with E-state index < -0.39 is 23.5 Å². The molecule has 146 valence electrons. The third-order valence-electron chi connectivity index (χ3n) is 4.35. The lowest BCUT2D eigenvalue weighted by atomic mass is 9.89. The first-order valence-electron chi connectivity index (χ1n) is 8.15. The Morgan fingerprint density at radius 1 is 0.536 bits per heavy atom. The second kappa shape index (κ2) is 7.62. The average Bonchev–Trinajstić information content (AvgIpc) is 2.66. The van der Waals surface area contributed by atoms with E-state index in [2.05, 4.69) is 15.9 Å². The molecule has 0 unspecified atom stereocenters. The highest BCUT2D eigenvalue weighted by Crippen LogP contribution is 2.43. The smallest absolute Gasteiger partial charge is 0.166 e. The molecule has 3 rings (SSSR count). The summed E-state index contributed by atoms with van der Waals surface area (Å²) in [6.45, 7) is 0. The molecule has 0 heterocycles. The van der Waals surface area contributed by atoms with Crippen LogP contribution in [0.3, 0.4) is 0 Å². The van der Waals surface area contributed by atoms with Crippen LogP contribution in [0.15, 0.2) is 66.7 Å². The van der Waals surface area contributed by atoms with Gasteiger partial charge >= 0.3 is 12.4 Å². The van der Waals surface area contributed by atoms with Crippen LogP contribution < -0.4 is 0 Å². The van der Waals surface area contributed by atoms with Crippen LogP contribution in [0.1, 0.15) is 16.7 Å². The molecule has 0 aliphatic carbocycles. The van der Waals surface area contributed by atoms with E-state index in [-0.39, 0.29) is 27.6 Å². The van der Waals surface area contributed by atoms with E-state index >= 15 is 0 Å². The molecule has 0 N–H and O–H groups in total. The molecule has 0 saturated heterocycles. The Morgan fingerprint density at radius 3 is 1.25 bits per heavy atom. The SMILES string of the molecule is FC(F)(F)c1ccccc1-c1cccc(-c2ccccc2C(F)(F)F)c1CBr. The average molecular weight is 459 g/mol. The number of hydrogen-bond acceptors (Lipinski definition) is 0. The summed E-state index contributed by atoms with van der Waals surface area (Å²) in [5.41, 5.74) is -0.988. The lowest BCUT2D eigenvalue weighted by molar-refractivity contribution is -0.137. The molecule has 28 heavy (non-hydrogen) atoms. The second-order valence-corrected chi connectivity index (χ2v) is 6.61. The molecule has 0 aromatic heterocycles. The normalized spacial score (nSPS) is 12.2. The molecule has 0 nitrogen and oxygen atoms in total. The fraction of sp³-hybridized carbons (Fsp3) is 0.143. The van der Waals surface area contributed by atoms with Gasteiger partial charge in [0.15, 0.2) is 0 Å². The minimum absolute atomic E-state index is 0.0733. The van der Waals surface area contributed by atoms with Gasteiger partial charge in [-0.25, -0.2) is 0 Å². The second-order valence-electron chi connectivity index (χ2n) is 6.05. The summed E-state index contributed by atoms with van der Waals surface area (Å²) in [4.78, 5) is 0. The third kappa shape index (κ3) is 3.94. The molecule has 0 spiro atoms. The zero-order valence-electron chi connectivity index (χ0n) is 14.2. The van der Waals surface area contributed by atoms with Gasteiger partial charge in [-0.2, -0.15) is 26.3 Å². The zero-order chi connectivity index (χ0) is 20.5. The molecule has 0 fully saturated rings. The number of hydrogen-bond donors (Lipinski definition) is 0. The summed E-state index contributed by atoms with van der Waals surface area (Å²) in [6, 6.07) is 14.5. The molecule has 0 atom stereocenters. The van der Waals surface area contributed by atoms with E-state index in [9.17, 15) is 26.3 Å². The highest BCUT2D eigenvalue weighted by Gasteiger charge is 2.35. The Hall–Kier alpha value is -2.28. The van der Waals surface area contributed by atoms with Crippen molar-refractivity contribution < 1.29 is 26.3 Å². The monoisotopic (exact) mass is 458 g/mol. The third-order valence-corrected chi connectivity index (χ3v) is 4.92. The predicted molar refractivity (Wildman–Crippen MR) is 99.9 cm³/mol. The fourth-order valence-corrected chi connectivity index (χ4v) is 3.77. The quantitative estimate of drug-likeness (QED) is 0.276. The van der Waals surface area contributed by atoms with Crippen LogP contribution in [0.25, 0.3) is 22.3 Å². The number of alkyl halides is 7. The molecule has 0 aliphatic rings. The summed E-state index contributed by atoms with van der Waals surface area (Å²) in [7, 11) is 0. The topological polar surface area (TPSA) is 0 Å². The van der Waals surface area contributed by atoms with Crippen LogP contribution in [-0.4, -0.2) is 0 Å². The van der Waals surface area contributed by atoms with Gasteiger partial charge in [0, 0.05) is 5.33 Å². The van der Waals surface area contributed by atoms with E-state index in [1.54, 1.807) is 0 Å². The molecule has 3 aromatic carbocycles. The molecular formula is C21H13BrF6. The lowest BCUT2D eigenvalue weighted by Gasteiger charge is -2.19. The van der Waals surface area contributed by atoms with Gasteiger partial charge < -0.3 is 0 Å². The lowest BCUT2D eigenvalue weighted by Crippen LogP contribution is -2.09. The molecule has 7 heteroatoms. The summed E-state index contributed by atoms with van der Waals surface area (Å²) < 4.78 is 80.7. The van der Waals surface area contributed by atoms with Crippen molar-refractivity contribution in [3.8, 4) is 22.3 Å². The molecule has 0 radical (unpaired) electrons.